The van der Waals surface area contributed by atoms with E-state index in [1.807, 2.05) is 18.2 Å². The quantitative estimate of drug-likeness (QED) is 0.777. The summed E-state index contributed by atoms with van der Waals surface area (Å²) in [6.07, 6.45) is -0.587. The van der Waals surface area contributed by atoms with Crippen molar-refractivity contribution >= 4 is 11.0 Å². The molecule has 0 aliphatic carbocycles. The fourth-order valence-corrected chi connectivity index (χ4v) is 2.87. The number of imidazole rings is 1. The first-order chi connectivity index (χ1) is 10.9. The van der Waals surface area contributed by atoms with Crippen LogP contribution in [-0.2, 0) is 12.0 Å². The van der Waals surface area contributed by atoms with Crippen molar-refractivity contribution in [3.8, 4) is 0 Å². The minimum atomic E-state index is -0.587. The Morgan fingerprint density at radius 1 is 1.04 bits per heavy atom. The molecule has 1 N–H and O–H groups in total. The maximum atomic E-state index is 10.1. The number of hydrogen-bond donors (Lipinski definition) is 1. The van der Waals surface area contributed by atoms with Gasteiger partial charge in [-0.2, -0.15) is 0 Å². The molecule has 3 aromatic rings. The normalized spacial score (nSPS) is 13.4. The maximum Gasteiger partial charge on any atom is 0.138 e. The van der Waals surface area contributed by atoms with Crippen LogP contribution in [0.1, 0.15) is 50.8 Å². The number of aliphatic hydroxyl groups excluding tert-OH is 1. The lowest BCUT2D eigenvalue weighted by atomic mass is 9.87. The van der Waals surface area contributed by atoms with E-state index in [2.05, 4.69) is 60.7 Å². The average Bonchev–Trinajstić information content (AvgIpc) is 2.86. The van der Waals surface area contributed by atoms with Gasteiger partial charge in [0.1, 0.15) is 11.9 Å². The smallest absolute Gasteiger partial charge is 0.138 e. The van der Waals surface area contributed by atoms with Crippen LogP contribution in [0.3, 0.4) is 0 Å². The monoisotopic (exact) mass is 308 g/mol. The van der Waals surface area contributed by atoms with Crippen LogP contribution in [0.4, 0.5) is 0 Å². The first kappa shape index (κ1) is 15.8. The molecule has 0 saturated heterocycles. The zero-order valence-corrected chi connectivity index (χ0v) is 14.2. The van der Waals surface area contributed by atoms with Crippen LogP contribution >= 0.6 is 0 Å². The molecule has 3 nitrogen and oxygen atoms in total. The van der Waals surface area contributed by atoms with Crippen LogP contribution in [0.15, 0.2) is 48.5 Å². The van der Waals surface area contributed by atoms with Crippen LogP contribution in [0, 0.1) is 0 Å². The fourth-order valence-electron chi connectivity index (χ4n) is 2.87. The Balaban J connectivity index is 1.99. The number of benzene rings is 2. The lowest BCUT2D eigenvalue weighted by molar-refractivity contribution is 0.185. The summed E-state index contributed by atoms with van der Waals surface area (Å²) in [5, 5.41) is 10.1. The Labute approximate surface area is 137 Å². The molecular formula is C20H24N2O. The zero-order chi connectivity index (χ0) is 16.6. The molecule has 0 spiro atoms. The number of fused-ring (bicyclic) bond motifs is 1. The fraction of sp³-hybridized carbons (Fsp3) is 0.350. The predicted molar refractivity (Wildman–Crippen MR) is 94.6 cm³/mol. The lowest BCUT2D eigenvalue weighted by Gasteiger charge is -2.19. The van der Waals surface area contributed by atoms with Gasteiger partial charge in [-0.1, -0.05) is 57.2 Å². The van der Waals surface area contributed by atoms with Gasteiger partial charge in [0.15, 0.2) is 0 Å². The van der Waals surface area contributed by atoms with Crippen molar-refractivity contribution in [1.82, 2.24) is 9.55 Å². The Bertz CT molecular complexity index is 808. The van der Waals surface area contributed by atoms with E-state index in [0.29, 0.717) is 12.4 Å². The molecule has 1 heterocycles. The Morgan fingerprint density at radius 2 is 1.70 bits per heavy atom. The molecule has 2 aromatic carbocycles. The van der Waals surface area contributed by atoms with Gasteiger partial charge in [-0.25, -0.2) is 4.98 Å². The first-order valence-electron chi connectivity index (χ1n) is 8.09. The van der Waals surface area contributed by atoms with E-state index in [0.717, 1.165) is 11.0 Å². The molecule has 1 aromatic heterocycles. The van der Waals surface area contributed by atoms with Crippen molar-refractivity contribution in [3.05, 3.63) is 65.5 Å². The molecule has 0 aliphatic rings. The Hall–Kier alpha value is -2.13. The minimum absolute atomic E-state index is 0.158. The molecular weight excluding hydrogens is 284 g/mol. The molecule has 3 rings (SSSR count). The van der Waals surface area contributed by atoms with E-state index in [9.17, 15) is 5.11 Å². The van der Waals surface area contributed by atoms with Crippen LogP contribution in [0.25, 0.3) is 11.0 Å². The Kier molecular flexibility index (Phi) is 3.99. The number of nitrogens with zero attached hydrogens (tertiary/aromatic N) is 2. The Morgan fingerprint density at radius 3 is 2.30 bits per heavy atom. The van der Waals surface area contributed by atoms with Crippen molar-refractivity contribution in [2.24, 2.45) is 0 Å². The maximum absolute atomic E-state index is 10.1. The van der Waals surface area contributed by atoms with Crippen molar-refractivity contribution < 1.29 is 5.11 Å². The van der Waals surface area contributed by atoms with Crippen molar-refractivity contribution in [2.75, 3.05) is 0 Å². The highest BCUT2D eigenvalue weighted by molar-refractivity contribution is 5.76. The van der Waals surface area contributed by atoms with Gasteiger partial charge in [0.25, 0.3) is 0 Å². The highest BCUT2D eigenvalue weighted by Gasteiger charge is 2.16. The van der Waals surface area contributed by atoms with Gasteiger partial charge in [-0.15, -0.1) is 0 Å². The van der Waals surface area contributed by atoms with Gasteiger partial charge >= 0.3 is 0 Å². The van der Waals surface area contributed by atoms with E-state index in [-0.39, 0.29) is 5.41 Å². The van der Waals surface area contributed by atoms with Crippen LogP contribution in [-0.4, -0.2) is 14.7 Å². The summed E-state index contributed by atoms with van der Waals surface area (Å²) >= 11 is 0. The summed E-state index contributed by atoms with van der Waals surface area (Å²) in [5.74, 6) is 0.714. The summed E-state index contributed by atoms with van der Waals surface area (Å²) < 4.78 is 2.10. The molecule has 0 fully saturated rings. The second kappa shape index (κ2) is 5.82. The summed E-state index contributed by atoms with van der Waals surface area (Å²) in [5.41, 5.74) is 4.68. The zero-order valence-electron chi connectivity index (χ0n) is 14.2. The minimum Gasteiger partial charge on any atom is -0.385 e. The van der Waals surface area contributed by atoms with E-state index in [1.165, 1.54) is 11.1 Å². The highest BCUT2D eigenvalue weighted by atomic mass is 16.3. The van der Waals surface area contributed by atoms with Crippen LogP contribution in [0.5, 0.6) is 0 Å². The van der Waals surface area contributed by atoms with E-state index < -0.39 is 6.10 Å². The molecule has 3 heteroatoms. The SMILES string of the molecule is CC(O)c1nc2ccccc2n1Cc1ccc(C(C)(C)C)cc1. The van der Waals surface area contributed by atoms with E-state index >= 15 is 0 Å². The van der Waals surface area contributed by atoms with E-state index in [1.54, 1.807) is 6.92 Å². The molecule has 0 amide bonds. The summed E-state index contributed by atoms with van der Waals surface area (Å²) in [6.45, 7) is 9.14. The molecule has 0 bridgehead atoms. The number of aromatic nitrogens is 2. The third-order valence-corrected chi connectivity index (χ3v) is 4.22. The van der Waals surface area contributed by atoms with E-state index in [4.69, 9.17) is 0 Å². The molecule has 23 heavy (non-hydrogen) atoms. The van der Waals surface area contributed by atoms with Gasteiger partial charge in [-0.05, 0) is 35.6 Å². The van der Waals surface area contributed by atoms with Gasteiger partial charge in [0.05, 0.1) is 11.0 Å². The highest BCUT2D eigenvalue weighted by Crippen LogP contribution is 2.25. The third kappa shape index (κ3) is 3.15. The molecule has 1 atom stereocenters. The lowest BCUT2D eigenvalue weighted by Crippen LogP contribution is -2.11. The van der Waals surface area contributed by atoms with Crippen molar-refractivity contribution in [1.29, 1.82) is 0 Å². The predicted octanol–water partition coefficient (Wildman–Crippen LogP) is 4.44. The molecule has 0 aliphatic heterocycles. The second-order valence-electron chi connectivity index (χ2n) is 7.17. The number of hydrogen-bond acceptors (Lipinski definition) is 2. The summed E-state index contributed by atoms with van der Waals surface area (Å²) in [6, 6.07) is 16.7. The number of rotatable bonds is 3. The largest absolute Gasteiger partial charge is 0.385 e. The average molecular weight is 308 g/mol. The van der Waals surface area contributed by atoms with Gasteiger partial charge in [0, 0.05) is 6.54 Å². The molecule has 0 saturated carbocycles. The van der Waals surface area contributed by atoms with Gasteiger partial charge < -0.3 is 9.67 Å². The molecule has 120 valence electrons. The van der Waals surface area contributed by atoms with Gasteiger partial charge in [0.2, 0.25) is 0 Å². The van der Waals surface area contributed by atoms with Crippen molar-refractivity contribution in [2.45, 2.75) is 45.8 Å². The second-order valence-corrected chi connectivity index (χ2v) is 7.17. The van der Waals surface area contributed by atoms with Crippen LogP contribution in [0.2, 0.25) is 0 Å². The first-order valence-corrected chi connectivity index (χ1v) is 8.09. The number of aliphatic hydroxyl groups is 1. The van der Waals surface area contributed by atoms with Crippen molar-refractivity contribution in [3.63, 3.8) is 0 Å². The third-order valence-electron chi connectivity index (χ3n) is 4.22. The van der Waals surface area contributed by atoms with Crippen LogP contribution < -0.4 is 0 Å². The molecule has 1 unspecified atom stereocenters. The van der Waals surface area contributed by atoms with Gasteiger partial charge in [-0.3, -0.25) is 0 Å². The molecule has 0 radical (unpaired) electrons. The summed E-state index contributed by atoms with van der Waals surface area (Å²) in [7, 11) is 0. The standard InChI is InChI=1S/C20H24N2O/c1-14(23)19-21-17-7-5-6-8-18(17)22(19)13-15-9-11-16(12-10-15)20(2,3)4/h5-12,14,23H,13H2,1-4H3. The topological polar surface area (TPSA) is 38.1 Å². The summed E-state index contributed by atoms with van der Waals surface area (Å²) in [4.78, 5) is 4.58. The number of para-hydroxylation sites is 2.